The van der Waals surface area contributed by atoms with Crippen LogP contribution in [0.3, 0.4) is 0 Å². The maximum absolute atomic E-state index is 11.2. The van der Waals surface area contributed by atoms with Gasteiger partial charge >= 0.3 is 0 Å². The number of hydrogen-bond acceptors (Lipinski definition) is 3. The fourth-order valence-corrected chi connectivity index (χ4v) is 1.39. The molecule has 86 valence electrons. The molecule has 1 aromatic carbocycles. The summed E-state index contributed by atoms with van der Waals surface area (Å²) in [4.78, 5) is 22.1. The molecule has 3 N–H and O–H groups in total. The molecule has 1 rings (SSSR count). The van der Waals surface area contributed by atoms with Crippen LogP contribution in [-0.4, -0.2) is 25.5 Å². The van der Waals surface area contributed by atoms with Crippen molar-refractivity contribution in [3.63, 3.8) is 0 Å². The summed E-state index contributed by atoms with van der Waals surface area (Å²) in [7, 11) is 1.42. The SMILES string of the molecule is COCC(=O)Nc1ccc(C(N)=O)c(Cl)c1. The number of primary amides is 1. The Hall–Kier alpha value is -1.59. The van der Waals surface area contributed by atoms with E-state index in [0.29, 0.717) is 5.69 Å². The van der Waals surface area contributed by atoms with E-state index in [1.54, 1.807) is 6.07 Å². The van der Waals surface area contributed by atoms with Gasteiger partial charge in [0.25, 0.3) is 0 Å². The molecule has 0 aliphatic heterocycles. The number of carbonyl (C=O) groups excluding carboxylic acids is 2. The number of nitrogens with one attached hydrogen (secondary N) is 1. The quantitative estimate of drug-likeness (QED) is 0.827. The Kier molecular flexibility index (Phi) is 4.28. The van der Waals surface area contributed by atoms with Gasteiger partial charge < -0.3 is 15.8 Å². The van der Waals surface area contributed by atoms with Crippen molar-refractivity contribution in [2.75, 3.05) is 19.0 Å². The summed E-state index contributed by atoms with van der Waals surface area (Å²) in [6.07, 6.45) is 0. The third kappa shape index (κ3) is 3.22. The van der Waals surface area contributed by atoms with Crippen molar-refractivity contribution in [1.29, 1.82) is 0 Å². The van der Waals surface area contributed by atoms with E-state index in [2.05, 4.69) is 10.1 Å². The summed E-state index contributed by atoms with van der Waals surface area (Å²) < 4.78 is 4.65. The lowest BCUT2D eigenvalue weighted by atomic mass is 10.2. The highest BCUT2D eigenvalue weighted by molar-refractivity contribution is 6.34. The molecule has 2 amide bonds. The van der Waals surface area contributed by atoms with Gasteiger partial charge in [0.2, 0.25) is 11.8 Å². The summed E-state index contributed by atoms with van der Waals surface area (Å²) in [6, 6.07) is 4.45. The number of halogens is 1. The molecule has 0 aliphatic carbocycles. The molecule has 0 saturated carbocycles. The molecule has 0 heterocycles. The Morgan fingerprint density at radius 3 is 2.69 bits per heavy atom. The lowest BCUT2D eigenvalue weighted by Crippen LogP contribution is -2.17. The summed E-state index contributed by atoms with van der Waals surface area (Å²) in [5, 5.41) is 2.75. The van der Waals surface area contributed by atoms with Crippen molar-refractivity contribution in [1.82, 2.24) is 0 Å². The number of hydrogen-bond donors (Lipinski definition) is 2. The predicted octanol–water partition coefficient (Wildman–Crippen LogP) is 1.02. The van der Waals surface area contributed by atoms with E-state index >= 15 is 0 Å². The monoisotopic (exact) mass is 242 g/mol. The van der Waals surface area contributed by atoms with Gasteiger partial charge in [-0.3, -0.25) is 9.59 Å². The maximum atomic E-state index is 11.2. The van der Waals surface area contributed by atoms with E-state index < -0.39 is 5.91 Å². The molecule has 0 fully saturated rings. The molecular weight excluding hydrogens is 232 g/mol. The average Bonchev–Trinajstić information content (AvgIpc) is 2.17. The predicted molar refractivity (Wildman–Crippen MR) is 60.5 cm³/mol. The maximum Gasteiger partial charge on any atom is 0.250 e. The zero-order valence-corrected chi connectivity index (χ0v) is 9.38. The fraction of sp³-hybridized carbons (Fsp3) is 0.200. The molecular formula is C10H11ClN2O3. The zero-order chi connectivity index (χ0) is 12.1. The number of amides is 2. The van der Waals surface area contributed by atoms with Crippen molar-refractivity contribution in [2.24, 2.45) is 5.73 Å². The van der Waals surface area contributed by atoms with Gasteiger partial charge in [-0.1, -0.05) is 11.6 Å². The van der Waals surface area contributed by atoms with E-state index in [-0.39, 0.29) is 23.1 Å². The Morgan fingerprint density at radius 1 is 1.50 bits per heavy atom. The minimum Gasteiger partial charge on any atom is -0.375 e. The number of nitrogens with two attached hydrogens (primary N) is 1. The molecule has 0 aliphatic rings. The molecule has 5 nitrogen and oxygen atoms in total. The zero-order valence-electron chi connectivity index (χ0n) is 8.62. The van der Waals surface area contributed by atoms with Crippen LogP contribution in [0.25, 0.3) is 0 Å². The first kappa shape index (κ1) is 12.5. The summed E-state index contributed by atoms with van der Waals surface area (Å²) in [6.45, 7) is -0.0464. The largest absolute Gasteiger partial charge is 0.375 e. The topological polar surface area (TPSA) is 81.4 Å². The van der Waals surface area contributed by atoms with Gasteiger partial charge in [0.1, 0.15) is 6.61 Å². The Balaban J connectivity index is 2.81. The Labute approximate surface area is 97.5 Å². The van der Waals surface area contributed by atoms with Crippen LogP contribution in [0.5, 0.6) is 0 Å². The minimum atomic E-state index is -0.611. The third-order valence-corrected chi connectivity index (χ3v) is 2.11. The van der Waals surface area contributed by atoms with Crippen LogP contribution >= 0.6 is 11.6 Å². The van der Waals surface area contributed by atoms with Crippen molar-refractivity contribution >= 4 is 29.1 Å². The summed E-state index contributed by atoms with van der Waals surface area (Å²) >= 11 is 5.80. The van der Waals surface area contributed by atoms with Crippen molar-refractivity contribution < 1.29 is 14.3 Å². The molecule has 16 heavy (non-hydrogen) atoms. The van der Waals surface area contributed by atoms with Crippen LogP contribution in [-0.2, 0) is 9.53 Å². The number of benzene rings is 1. The first-order chi connectivity index (χ1) is 7.54. The standard InChI is InChI=1S/C10H11ClN2O3/c1-16-5-9(14)13-6-2-3-7(10(12)15)8(11)4-6/h2-4H,5H2,1H3,(H2,12,15)(H,13,14). The van der Waals surface area contributed by atoms with Crippen LogP contribution < -0.4 is 11.1 Å². The van der Waals surface area contributed by atoms with Crippen molar-refractivity contribution in [2.45, 2.75) is 0 Å². The molecule has 0 bridgehead atoms. The summed E-state index contributed by atoms with van der Waals surface area (Å²) in [5.41, 5.74) is 5.78. The average molecular weight is 243 g/mol. The number of anilines is 1. The van der Waals surface area contributed by atoms with E-state index in [1.165, 1.54) is 19.2 Å². The number of ether oxygens (including phenoxy) is 1. The van der Waals surface area contributed by atoms with Gasteiger partial charge in [-0.2, -0.15) is 0 Å². The minimum absolute atomic E-state index is 0.0464. The summed E-state index contributed by atoms with van der Waals surface area (Å²) in [5.74, 6) is -0.912. The highest BCUT2D eigenvalue weighted by Crippen LogP contribution is 2.20. The molecule has 0 atom stereocenters. The first-order valence-corrected chi connectivity index (χ1v) is 4.80. The Morgan fingerprint density at radius 2 is 2.19 bits per heavy atom. The highest BCUT2D eigenvalue weighted by atomic mass is 35.5. The first-order valence-electron chi connectivity index (χ1n) is 4.42. The highest BCUT2D eigenvalue weighted by Gasteiger charge is 2.08. The molecule has 0 unspecified atom stereocenters. The van der Waals surface area contributed by atoms with Crippen molar-refractivity contribution in [3.8, 4) is 0 Å². The van der Waals surface area contributed by atoms with E-state index in [4.69, 9.17) is 17.3 Å². The fourth-order valence-electron chi connectivity index (χ4n) is 1.12. The lowest BCUT2D eigenvalue weighted by Gasteiger charge is -2.06. The van der Waals surface area contributed by atoms with Gasteiger partial charge in [-0.05, 0) is 18.2 Å². The number of carbonyl (C=O) groups is 2. The van der Waals surface area contributed by atoms with Crippen molar-refractivity contribution in [3.05, 3.63) is 28.8 Å². The van der Waals surface area contributed by atoms with Crippen LogP contribution in [0.15, 0.2) is 18.2 Å². The van der Waals surface area contributed by atoms with E-state index in [1.807, 2.05) is 0 Å². The van der Waals surface area contributed by atoms with Crippen LogP contribution in [0.4, 0.5) is 5.69 Å². The van der Waals surface area contributed by atoms with Gasteiger partial charge in [-0.25, -0.2) is 0 Å². The number of rotatable bonds is 4. The van der Waals surface area contributed by atoms with Gasteiger partial charge in [0.05, 0.1) is 10.6 Å². The molecule has 0 saturated heterocycles. The van der Waals surface area contributed by atoms with Gasteiger partial charge in [0, 0.05) is 12.8 Å². The van der Waals surface area contributed by atoms with Crippen LogP contribution in [0.2, 0.25) is 5.02 Å². The second kappa shape index (κ2) is 5.48. The van der Waals surface area contributed by atoms with Gasteiger partial charge in [-0.15, -0.1) is 0 Å². The van der Waals surface area contributed by atoms with Crippen LogP contribution in [0, 0.1) is 0 Å². The smallest absolute Gasteiger partial charge is 0.250 e. The third-order valence-electron chi connectivity index (χ3n) is 1.79. The second-order valence-corrected chi connectivity index (χ2v) is 3.45. The number of methoxy groups -OCH3 is 1. The second-order valence-electron chi connectivity index (χ2n) is 3.04. The molecule has 6 heteroatoms. The molecule has 1 aromatic rings. The molecule has 0 radical (unpaired) electrons. The Bertz CT molecular complexity index is 421. The normalized spacial score (nSPS) is 9.88. The molecule has 0 spiro atoms. The lowest BCUT2D eigenvalue weighted by molar-refractivity contribution is -0.119. The van der Waals surface area contributed by atoms with Gasteiger partial charge in [0.15, 0.2) is 0 Å². The van der Waals surface area contributed by atoms with Crippen LogP contribution in [0.1, 0.15) is 10.4 Å². The van der Waals surface area contributed by atoms with E-state index in [9.17, 15) is 9.59 Å². The van der Waals surface area contributed by atoms with E-state index in [0.717, 1.165) is 0 Å². The molecule has 0 aromatic heterocycles.